The van der Waals surface area contributed by atoms with Gasteiger partial charge in [-0.25, -0.2) is 0 Å². The lowest BCUT2D eigenvalue weighted by Gasteiger charge is -2.34. The molecule has 0 saturated carbocycles. The minimum absolute atomic E-state index is 1.13. The van der Waals surface area contributed by atoms with Crippen molar-refractivity contribution in [3.05, 3.63) is 255 Å². The highest BCUT2D eigenvalue weighted by molar-refractivity contribution is 7.20. The maximum absolute atomic E-state index is 2.78. The fourth-order valence-electron chi connectivity index (χ4n) is 10.4. The van der Waals surface area contributed by atoms with Crippen LogP contribution in [0.5, 0.6) is 0 Å². The normalized spacial score (nSPS) is 11.8. The Balaban J connectivity index is 1.18. The smallest absolute Gasteiger partial charge is 0.179 e. The summed E-state index contributed by atoms with van der Waals surface area (Å²) in [6, 6.07) is 94.2. The fourth-order valence-corrected chi connectivity index (χ4v) is 15.2. The summed E-state index contributed by atoms with van der Waals surface area (Å²) in [4.78, 5) is 0. The first-order valence-electron chi connectivity index (χ1n) is 21.8. The van der Waals surface area contributed by atoms with E-state index in [4.69, 9.17) is 0 Å². The molecule has 2 nitrogen and oxygen atoms in total. The molecule has 12 aromatic rings. The molecule has 2 heterocycles. The van der Waals surface area contributed by atoms with Crippen LogP contribution in [0.15, 0.2) is 255 Å². The SMILES string of the molecule is c1ccc(-c2cccc(-n3c4cccc(-c5ccccc5)c4c4cccc(-n5c6ccccc6c6cc([Si](c7ccccc7)(c7ccccc7)c7ccccc7)ccc65)c43)c2)cc1. The first-order valence-corrected chi connectivity index (χ1v) is 23.8. The number of hydrogen-bond donors (Lipinski definition) is 0. The summed E-state index contributed by atoms with van der Waals surface area (Å²) in [6.07, 6.45) is 0. The molecular formula is C60H42N2Si. The molecule has 10 aromatic carbocycles. The van der Waals surface area contributed by atoms with Crippen LogP contribution < -0.4 is 20.7 Å². The molecule has 0 fully saturated rings. The Labute approximate surface area is 368 Å². The third-order valence-electron chi connectivity index (χ3n) is 13.1. The largest absolute Gasteiger partial charge is 0.307 e. The summed E-state index contributed by atoms with van der Waals surface area (Å²) in [5.74, 6) is 0. The molecule has 0 atom stereocenters. The fraction of sp³-hybridized carbons (Fsp3) is 0. The van der Waals surface area contributed by atoms with Crippen molar-refractivity contribution in [2.24, 2.45) is 0 Å². The van der Waals surface area contributed by atoms with Crippen LogP contribution in [0.3, 0.4) is 0 Å². The molecule has 0 saturated heterocycles. The van der Waals surface area contributed by atoms with Crippen LogP contribution >= 0.6 is 0 Å². The Morgan fingerprint density at radius 3 is 1.46 bits per heavy atom. The Morgan fingerprint density at radius 1 is 0.286 bits per heavy atom. The zero-order valence-electron chi connectivity index (χ0n) is 34.6. The van der Waals surface area contributed by atoms with Gasteiger partial charge in [-0.1, -0.05) is 218 Å². The van der Waals surface area contributed by atoms with E-state index in [1.54, 1.807) is 0 Å². The quantitative estimate of drug-likeness (QED) is 0.107. The Kier molecular flexibility index (Phi) is 8.87. The van der Waals surface area contributed by atoms with Crippen molar-refractivity contribution >= 4 is 72.4 Å². The van der Waals surface area contributed by atoms with Crippen LogP contribution in [0.2, 0.25) is 0 Å². The molecule has 0 N–H and O–H groups in total. The molecule has 12 rings (SSSR count). The number of nitrogens with zero attached hydrogens (tertiary/aromatic N) is 2. The lowest BCUT2D eigenvalue weighted by atomic mass is 9.99. The maximum atomic E-state index is 2.53. The summed E-state index contributed by atoms with van der Waals surface area (Å²) in [5.41, 5.74) is 11.8. The van der Waals surface area contributed by atoms with Gasteiger partial charge in [0.1, 0.15) is 0 Å². The number of benzene rings is 10. The molecule has 0 unspecified atom stereocenters. The summed E-state index contributed by atoms with van der Waals surface area (Å²) < 4.78 is 5.03. The molecule has 2 aromatic heterocycles. The summed E-state index contributed by atoms with van der Waals surface area (Å²) in [6.45, 7) is 0. The van der Waals surface area contributed by atoms with Gasteiger partial charge in [0, 0.05) is 27.2 Å². The van der Waals surface area contributed by atoms with Gasteiger partial charge in [0.2, 0.25) is 0 Å². The second-order valence-electron chi connectivity index (χ2n) is 16.4. The lowest BCUT2D eigenvalue weighted by Crippen LogP contribution is -2.74. The van der Waals surface area contributed by atoms with E-state index < -0.39 is 8.07 Å². The first-order chi connectivity index (χ1) is 31.3. The highest BCUT2D eigenvalue weighted by atomic mass is 28.3. The molecule has 0 bridgehead atoms. The predicted octanol–water partition coefficient (Wildman–Crippen LogP) is 12.6. The summed E-state index contributed by atoms with van der Waals surface area (Å²) in [5, 5.41) is 10.4. The van der Waals surface area contributed by atoms with Crippen LogP contribution in [0.4, 0.5) is 0 Å². The molecule has 3 heteroatoms. The number of aromatic nitrogens is 2. The van der Waals surface area contributed by atoms with Gasteiger partial charge in [0.05, 0.1) is 27.8 Å². The second kappa shape index (κ2) is 15.2. The van der Waals surface area contributed by atoms with E-state index in [2.05, 4.69) is 264 Å². The highest BCUT2D eigenvalue weighted by Gasteiger charge is 2.41. The maximum Gasteiger partial charge on any atom is 0.179 e. The number of fused-ring (bicyclic) bond motifs is 6. The minimum Gasteiger partial charge on any atom is -0.307 e. The lowest BCUT2D eigenvalue weighted by molar-refractivity contribution is 1.13. The topological polar surface area (TPSA) is 9.86 Å². The molecule has 0 radical (unpaired) electrons. The third kappa shape index (κ3) is 5.85. The predicted molar refractivity (Wildman–Crippen MR) is 270 cm³/mol. The average Bonchev–Trinajstić information content (AvgIpc) is 3.89. The van der Waals surface area contributed by atoms with E-state index >= 15 is 0 Å². The molecule has 63 heavy (non-hydrogen) atoms. The number of para-hydroxylation sites is 2. The number of hydrogen-bond acceptors (Lipinski definition) is 0. The van der Waals surface area contributed by atoms with E-state index in [0.717, 1.165) is 11.4 Å². The Morgan fingerprint density at radius 2 is 0.794 bits per heavy atom. The van der Waals surface area contributed by atoms with Crippen molar-refractivity contribution in [1.29, 1.82) is 0 Å². The van der Waals surface area contributed by atoms with Gasteiger partial charge >= 0.3 is 0 Å². The average molecular weight is 819 g/mol. The van der Waals surface area contributed by atoms with Gasteiger partial charge in [-0.15, -0.1) is 0 Å². The molecule has 0 amide bonds. The van der Waals surface area contributed by atoms with Crippen LogP contribution in [-0.4, -0.2) is 17.2 Å². The molecule has 0 aliphatic carbocycles. The van der Waals surface area contributed by atoms with Crippen molar-refractivity contribution < 1.29 is 0 Å². The van der Waals surface area contributed by atoms with E-state index in [0.29, 0.717) is 0 Å². The Hall–Kier alpha value is -7.98. The Bertz CT molecular complexity index is 3500. The first kappa shape index (κ1) is 36.8. The van der Waals surface area contributed by atoms with E-state index in [1.165, 1.54) is 86.6 Å². The zero-order chi connectivity index (χ0) is 41.7. The zero-order valence-corrected chi connectivity index (χ0v) is 35.6. The molecular weight excluding hydrogens is 777 g/mol. The van der Waals surface area contributed by atoms with Crippen molar-refractivity contribution in [3.8, 4) is 33.6 Å². The van der Waals surface area contributed by atoms with Crippen LogP contribution in [0, 0.1) is 0 Å². The standard InChI is InChI=1S/C60H42N2Si/c1-6-21-43(22-7-1)45-25-18-26-46(41-45)61-57-37-19-34-51(44-23-8-2-9-24-44)59(57)53-35-20-38-58(60(53)61)62-55-36-17-16-33-52(55)54-42-50(39-40-56(54)62)63(47-27-10-3-11-28-47,48-29-12-4-13-30-48)49-31-14-5-15-32-49/h1-42H. The van der Waals surface area contributed by atoms with Crippen molar-refractivity contribution in [3.63, 3.8) is 0 Å². The number of rotatable bonds is 8. The summed E-state index contributed by atoms with van der Waals surface area (Å²) in [7, 11) is -2.78. The van der Waals surface area contributed by atoms with Crippen molar-refractivity contribution in [1.82, 2.24) is 9.13 Å². The molecule has 0 aliphatic heterocycles. The van der Waals surface area contributed by atoms with Crippen LogP contribution in [0.1, 0.15) is 0 Å². The van der Waals surface area contributed by atoms with Gasteiger partial charge < -0.3 is 9.13 Å². The second-order valence-corrected chi connectivity index (χ2v) is 20.2. The molecule has 0 spiro atoms. The van der Waals surface area contributed by atoms with Crippen LogP contribution in [-0.2, 0) is 0 Å². The molecule has 0 aliphatic rings. The van der Waals surface area contributed by atoms with Gasteiger partial charge in [-0.3, -0.25) is 0 Å². The highest BCUT2D eigenvalue weighted by Crippen LogP contribution is 2.43. The van der Waals surface area contributed by atoms with Gasteiger partial charge in [0.15, 0.2) is 8.07 Å². The van der Waals surface area contributed by atoms with E-state index in [1.807, 2.05) is 0 Å². The van der Waals surface area contributed by atoms with Gasteiger partial charge in [-0.2, -0.15) is 0 Å². The van der Waals surface area contributed by atoms with Crippen molar-refractivity contribution in [2.75, 3.05) is 0 Å². The van der Waals surface area contributed by atoms with Gasteiger partial charge in [0.25, 0.3) is 0 Å². The van der Waals surface area contributed by atoms with E-state index in [-0.39, 0.29) is 0 Å². The minimum atomic E-state index is -2.78. The van der Waals surface area contributed by atoms with Crippen molar-refractivity contribution in [2.45, 2.75) is 0 Å². The monoisotopic (exact) mass is 818 g/mol. The molecule has 296 valence electrons. The third-order valence-corrected chi connectivity index (χ3v) is 17.8. The van der Waals surface area contributed by atoms with Gasteiger partial charge in [-0.05, 0) is 79.4 Å². The van der Waals surface area contributed by atoms with Crippen LogP contribution in [0.25, 0.3) is 77.2 Å². The summed E-state index contributed by atoms with van der Waals surface area (Å²) >= 11 is 0. The van der Waals surface area contributed by atoms with E-state index in [9.17, 15) is 0 Å².